The van der Waals surface area contributed by atoms with Gasteiger partial charge in [-0.2, -0.15) is 0 Å². The second kappa shape index (κ2) is 8.55. The van der Waals surface area contributed by atoms with Gasteiger partial charge in [-0.05, 0) is 45.9 Å². The van der Waals surface area contributed by atoms with Crippen molar-refractivity contribution in [3.05, 3.63) is 46.6 Å². The summed E-state index contributed by atoms with van der Waals surface area (Å²) in [6.07, 6.45) is 3.77. The van der Waals surface area contributed by atoms with Crippen LogP contribution in [0.2, 0.25) is 0 Å². The van der Waals surface area contributed by atoms with Gasteiger partial charge in [0, 0.05) is 44.5 Å². The Labute approximate surface area is 176 Å². The van der Waals surface area contributed by atoms with Gasteiger partial charge < -0.3 is 19.2 Å². The molecule has 2 aromatic rings. The number of aryl methyl sites for hydroxylation is 2. The molecule has 30 heavy (non-hydrogen) atoms. The predicted molar refractivity (Wildman–Crippen MR) is 111 cm³/mol. The average Bonchev–Trinajstić information content (AvgIpc) is 3.36. The Balaban J connectivity index is 1.44. The molecule has 4 heterocycles. The van der Waals surface area contributed by atoms with Crippen LogP contribution in [0.15, 0.2) is 22.9 Å². The zero-order valence-electron chi connectivity index (χ0n) is 17.9. The number of hydrogen-bond acceptors (Lipinski definition) is 6. The average molecular weight is 412 g/mol. The van der Waals surface area contributed by atoms with E-state index in [0.29, 0.717) is 11.3 Å². The molecule has 160 valence electrons. The van der Waals surface area contributed by atoms with Crippen molar-refractivity contribution >= 4 is 11.8 Å². The zero-order chi connectivity index (χ0) is 21.3. The van der Waals surface area contributed by atoms with Crippen LogP contribution in [0.25, 0.3) is 0 Å². The molecule has 4 rings (SSSR count). The van der Waals surface area contributed by atoms with E-state index < -0.39 is 0 Å². The lowest BCUT2D eigenvalue weighted by Crippen LogP contribution is -2.47. The molecule has 2 aromatic heterocycles. The molecule has 0 aromatic carbocycles. The summed E-state index contributed by atoms with van der Waals surface area (Å²) >= 11 is 0. The number of aromatic nitrogens is 2. The van der Waals surface area contributed by atoms with Gasteiger partial charge in [-0.3, -0.25) is 14.6 Å². The number of rotatable bonds is 4. The molecule has 8 heteroatoms. The molecule has 0 bridgehead atoms. The fraction of sp³-hybridized carbons (Fsp3) is 0.545. The molecule has 2 saturated heterocycles. The first-order valence-corrected chi connectivity index (χ1v) is 10.6. The highest BCUT2D eigenvalue weighted by molar-refractivity contribution is 5.94. The van der Waals surface area contributed by atoms with E-state index in [4.69, 9.17) is 4.52 Å². The smallest absolute Gasteiger partial charge is 0.255 e. The van der Waals surface area contributed by atoms with Crippen LogP contribution in [0, 0.1) is 13.8 Å². The van der Waals surface area contributed by atoms with Crippen molar-refractivity contribution in [3.8, 4) is 0 Å². The molecule has 1 unspecified atom stereocenters. The second-order valence-electron chi connectivity index (χ2n) is 8.29. The van der Waals surface area contributed by atoms with Crippen molar-refractivity contribution in [2.24, 2.45) is 0 Å². The van der Waals surface area contributed by atoms with Crippen LogP contribution in [0.5, 0.6) is 0 Å². The van der Waals surface area contributed by atoms with E-state index in [0.717, 1.165) is 62.5 Å². The van der Waals surface area contributed by atoms with Gasteiger partial charge in [-0.1, -0.05) is 5.16 Å². The van der Waals surface area contributed by atoms with Crippen LogP contribution in [-0.4, -0.2) is 76.4 Å². The highest BCUT2D eigenvalue weighted by Crippen LogP contribution is 2.32. The van der Waals surface area contributed by atoms with Crippen molar-refractivity contribution in [3.63, 3.8) is 0 Å². The van der Waals surface area contributed by atoms with E-state index in [1.165, 1.54) is 0 Å². The molecule has 0 N–H and O–H groups in total. The fourth-order valence-electron chi connectivity index (χ4n) is 4.30. The third kappa shape index (κ3) is 4.09. The van der Waals surface area contributed by atoms with Crippen molar-refractivity contribution in [2.75, 3.05) is 39.8 Å². The van der Waals surface area contributed by atoms with Gasteiger partial charge in [-0.25, -0.2) is 0 Å². The summed E-state index contributed by atoms with van der Waals surface area (Å²) < 4.78 is 5.19. The minimum absolute atomic E-state index is 0.0277. The van der Waals surface area contributed by atoms with E-state index in [9.17, 15) is 9.59 Å². The number of carbonyl (C=O) groups excluding carboxylic acids is 2. The molecule has 0 aliphatic carbocycles. The van der Waals surface area contributed by atoms with Gasteiger partial charge in [0.1, 0.15) is 5.76 Å². The lowest BCUT2D eigenvalue weighted by molar-refractivity contribution is -0.131. The minimum Gasteiger partial charge on any atom is -0.361 e. The minimum atomic E-state index is -0.0502. The van der Waals surface area contributed by atoms with Crippen LogP contribution >= 0.6 is 0 Å². The maximum atomic E-state index is 13.0. The molecule has 8 nitrogen and oxygen atoms in total. The molecular weight excluding hydrogens is 382 g/mol. The summed E-state index contributed by atoms with van der Waals surface area (Å²) in [6.45, 7) is 7.67. The Kier molecular flexibility index (Phi) is 5.85. The van der Waals surface area contributed by atoms with Crippen LogP contribution in [0.3, 0.4) is 0 Å². The summed E-state index contributed by atoms with van der Waals surface area (Å²) in [5.74, 6) is 0.785. The summed E-state index contributed by atoms with van der Waals surface area (Å²) in [4.78, 5) is 36.3. The quantitative estimate of drug-likeness (QED) is 0.765. The van der Waals surface area contributed by atoms with Crippen LogP contribution in [0.1, 0.15) is 52.0 Å². The number of carbonyl (C=O) groups is 2. The summed E-state index contributed by atoms with van der Waals surface area (Å²) in [5.41, 5.74) is 3.08. The van der Waals surface area contributed by atoms with E-state index >= 15 is 0 Å². The molecule has 2 fully saturated rings. The lowest BCUT2D eigenvalue weighted by Gasteiger charge is -2.32. The number of hydrogen-bond donors (Lipinski definition) is 0. The molecule has 2 aliphatic rings. The van der Waals surface area contributed by atoms with Crippen molar-refractivity contribution < 1.29 is 14.1 Å². The first-order chi connectivity index (χ1) is 14.4. The van der Waals surface area contributed by atoms with Crippen LogP contribution in [-0.2, 0) is 11.2 Å². The van der Waals surface area contributed by atoms with Gasteiger partial charge in [0.05, 0.1) is 29.4 Å². The number of likely N-dealkylation sites (tertiary alicyclic amines) is 1. The summed E-state index contributed by atoms with van der Waals surface area (Å²) in [5, 5.41) is 3.95. The largest absolute Gasteiger partial charge is 0.361 e. The van der Waals surface area contributed by atoms with E-state index in [2.05, 4.69) is 22.1 Å². The molecule has 2 amide bonds. The van der Waals surface area contributed by atoms with Gasteiger partial charge in [0.25, 0.3) is 5.91 Å². The number of piperazine rings is 1. The Morgan fingerprint density at radius 2 is 1.90 bits per heavy atom. The van der Waals surface area contributed by atoms with Gasteiger partial charge in [0.15, 0.2) is 0 Å². The van der Waals surface area contributed by atoms with Crippen LogP contribution in [0.4, 0.5) is 0 Å². The number of amides is 2. The number of likely N-dealkylation sites (N-methyl/N-ethyl adjacent to an activating group) is 1. The first-order valence-electron chi connectivity index (χ1n) is 10.6. The third-order valence-corrected chi connectivity index (χ3v) is 6.25. The highest BCUT2D eigenvalue weighted by Gasteiger charge is 2.32. The molecular formula is C22H29N5O3. The monoisotopic (exact) mass is 411 g/mol. The molecule has 0 spiro atoms. The van der Waals surface area contributed by atoms with Gasteiger partial charge in [-0.15, -0.1) is 0 Å². The Bertz CT molecular complexity index is 896. The molecule has 0 saturated carbocycles. The van der Waals surface area contributed by atoms with Crippen molar-refractivity contribution in [1.29, 1.82) is 0 Å². The third-order valence-electron chi connectivity index (χ3n) is 6.25. The number of pyridine rings is 1. The standard InChI is InChI=1S/C22H29N5O3/c1-15-18(16(2)30-24-15)13-21(28)27-8-4-5-20(27)19-7-6-17(14-23-19)22(29)26-11-9-25(3)10-12-26/h6-7,14,20H,4-5,8-13H2,1-3H3. The maximum Gasteiger partial charge on any atom is 0.255 e. The SMILES string of the molecule is Cc1noc(C)c1CC(=O)N1CCCC1c1ccc(C(=O)N2CCN(C)CC2)cn1. The van der Waals surface area contributed by atoms with E-state index in [-0.39, 0.29) is 24.3 Å². The predicted octanol–water partition coefficient (Wildman–Crippen LogP) is 1.98. The van der Waals surface area contributed by atoms with Crippen molar-refractivity contribution in [2.45, 2.75) is 39.2 Å². The Morgan fingerprint density at radius 3 is 2.53 bits per heavy atom. The van der Waals surface area contributed by atoms with E-state index in [1.807, 2.05) is 35.8 Å². The Hall–Kier alpha value is -2.74. The van der Waals surface area contributed by atoms with Gasteiger partial charge in [0.2, 0.25) is 5.91 Å². The second-order valence-corrected chi connectivity index (χ2v) is 8.29. The zero-order valence-corrected chi connectivity index (χ0v) is 17.9. The molecule has 0 radical (unpaired) electrons. The fourth-order valence-corrected chi connectivity index (χ4v) is 4.30. The summed E-state index contributed by atoms with van der Waals surface area (Å²) in [6, 6.07) is 3.69. The molecule has 2 aliphatic heterocycles. The van der Waals surface area contributed by atoms with Crippen LogP contribution < -0.4 is 0 Å². The van der Waals surface area contributed by atoms with E-state index in [1.54, 1.807) is 6.20 Å². The summed E-state index contributed by atoms with van der Waals surface area (Å²) in [7, 11) is 2.07. The van der Waals surface area contributed by atoms with Crippen molar-refractivity contribution in [1.82, 2.24) is 24.8 Å². The normalized spacial score (nSPS) is 20.0. The topological polar surface area (TPSA) is 82.8 Å². The highest BCUT2D eigenvalue weighted by atomic mass is 16.5. The first kappa shape index (κ1) is 20.5. The van der Waals surface area contributed by atoms with Gasteiger partial charge >= 0.3 is 0 Å². The molecule has 1 atom stereocenters. The Morgan fingerprint density at radius 1 is 1.13 bits per heavy atom. The lowest BCUT2D eigenvalue weighted by atomic mass is 10.1. The number of nitrogens with zero attached hydrogens (tertiary/aromatic N) is 5. The maximum absolute atomic E-state index is 13.0.